The zero-order valence-corrected chi connectivity index (χ0v) is 11.9. The maximum absolute atomic E-state index is 5.62. The second-order valence-corrected chi connectivity index (χ2v) is 4.77. The Morgan fingerprint density at radius 2 is 2.21 bits per heavy atom. The van der Waals surface area contributed by atoms with Crippen LogP contribution in [0.4, 0.5) is 5.82 Å². The average molecular weight is 264 g/mol. The van der Waals surface area contributed by atoms with Gasteiger partial charge in [-0.15, -0.1) is 0 Å². The molecule has 0 unspecified atom stereocenters. The Bertz CT molecular complexity index is 379. The van der Waals surface area contributed by atoms with Crippen molar-refractivity contribution in [2.24, 2.45) is 0 Å². The van der Waals surface area contributed by atoms with Crippen molar-refractivity contribution in [1.29, 1.82) is 0 Å². The van der Waals surface area contributed by atoms with Gasteiger partial charge in [-0.05, 0) is 19.1 Å². The molecule has 106 valence electrons. The van der Waals surface area contributed by atoms with Crippen LogP contribution >= 0.6 is 0 Å². The molecule has 5 nitrogen and oxygen atoms in total. The molecular weight excluding hydrogens is 240 g/mol. The number of rotatable bonds is 6. The number of anilines is 1. The normalized spacial score (nSPS) is 16.3. The van der Waals surface area contributed by atoms with Crippen molar-refractivity contribution in [3.8, 4) is 5.75 Å². The molecule has 0 aliphatic carbocycles. The van der Waals surface area contributed by atoms with Gasteiger partial charge < -0.3 is 15.0 Å². The third-order valence-electron chi connectivity index (χ3n) is 3.37. The van der Waals surface area contributed by atoms with Gasteiger partial charge in [-0.2, -0.15) is 0 Å². The molecular formula is C14H24N4O. The van der Waals surface area contributed by atoms with Crippen LogP contribution in [0.2, 0.25) is 0 Å². The molecule has 1 fully saturated rings. The van der Waals surface area contributed by atoms with Gasteiger partial charge in [0.05, 0.1) is 6.61 Å². The van der Waals surface area contributed by atoms with E-state index in [-0.39, 0.29) is 0 Å². The van der Waals surface area contributed by atoms with Crippen LogP contribution in [0, 0.1) is 0 Å². The first-order valence-electron chi connectivity index (χ1n) is 7.03. The number of ether oxygens (including phenoxy) is 1. The van der Waals surface area contributed by atoms with Crippen molar-refractivity contribution >= 4 is 5.82 Å². The number of nitrogens with one attached hydrogen (secondary N) is 1. The highest BCUT2D eigenvalue weighted by molar-refractivity contribution is 5.51. The molecule has 1 N–H and O–H groups in total. The fourth-order valence-corrected chi connectivity index (χ4v) is 2.27. The highest BCUT2D eigenvalue weighted by Crippen LogP contribution is 2.23. The van der Waals surface area contributed by atoms with Crippen LogP contribution < -0.4 is 15.0 Å². The van der Waals surface area contributed by atoms with Crippen LogP contribution in [0.25, 0.3) is 0 Å². The van der Waals surface area contributed by atoms with E-state index < -0.39 is 0 Å². The maximum Gasteiger partial charge on any atom is 0.171 e. The molecule has 0 saturated carbocycles. The van der Waals surface area contributed by atoms with E-state index in [1.165, 1.54) is 0 Å². The minimum atomic E-state index is 0.671. The first-order valence-corrected chi connectivity index (χ1v) is 7.03. The van der Waals surface area contributed by atoms with Gasteiger partial charge in [0.1, 0.15) is 0 Å². The molecule has 0 amide bonds. The third kappa shape index (κ3) is 4.08. The van der Waals surface area contributed by atoms with E-state index >= 15 is 0 Å². The second kappa shape index (κ2) is 7.31. The Balaban J connectivity index is 1.89. The molecule has 5 heteroatoms. The smallest absolute Gasteiger partial charge is 0.171 e. The van der Waals surface area contributed by atoms with Gasteiger partial charge in [-0.25, -0.2) is 4.98 Å². The molecule has 0 aromatic carbocycles. The van der Waals surface area contributed by atoms with Crippen LogP contribution in [0.1, 0.15) is 6.92 Å². The molecule has 2 heterocycles. The Kier molecular flexibility index (Phi) is 5.42. The van der Waals surface area contributed by atoms with Crippen LogP contribution in [0.3, 0.4) is 0 Å². The average Bonchev–Trinajstić information content (AvgIpc) is 2.47. The zero-order chi connectivity index (χ0) is 13.5. The standard InChI is InChI=1S/C14H24N4O/c1-3-19-13-5-4-6-16-14(13)17(2)11-12-18-9-7-15-8-10-18/h4-6,15H,3,7-12H2,1-2H3. The van der Waals surface area contributed by atoms with E-state index in [4.69, 9.17) is 4.74 Å². The van der Waals surface area contributed by atoms with E-state index in [9.17, 15) is 0 Å². The van der Waals surface area contributed by atoms with Crippen LogP contribution in [-0.2, 0) is 0 Å². The quantitative estimate of drug-likeness (QED) is 0.824. The largest absolute Gasteiger partial charge is 0.490 e. The predicted molar refractivity (Wildman–Crippen MR) is 78.0 cm³/mol. The Hall–Kier alpha value is -1.33. The van der Waals surface area contributed by atoms with Crippen molar-refractivity contribution < 1.29 is 4.74 Å². The van der Waals surface area contributed by atoms with Crippen molar-refractivity contribution in [2.75, 3.05) is 57.8 Å². The summed E-state index contributed by atoms with van der Waals surface area (Å²) < 4.78 is 5.62. The van der Waals surface area contributed by atoms with Crippen molar-refractivity contribution in [3.05, 3.63) is 18.3 Å². The summed E-state index contributed by atoms with van der Waals surface area (Å²) in [4.78, 5) is 9.09. The Labute approximate surface area is 115 Å². The summed E-state index contributed by atoms with van der Waals surface area (Å²) in [7, 11) is 2.08. The highest BCUT2D eigenvalue weighted by atomic mass is 16.5. The van der Waals surface area contributed by atoms with Gasteiger partial charge >= 0.3 is 0 Å². The minimum Gasteiger partial charge on any atom is -0.490 e. The summed E-state index contributed by atoms with van der Waals surface area (Å²) in [6, 6.07) is 3.89. The number of hydrogen-bond acceptors (Lipinski definition) is 5. The zero-order valence-electron chi connectivity index (χ0n) is 11.9. The molecule has 1 aliphatic rings. The molecule has 0 atom stereocenters. The van der Waals surface area contributed by atoms with Gasteiger partial charge in [0.25, 0.3) is 0 Å². The lowest BCUT2D eigenvalue weighted by Gasteiger charge is -2.29. The summed E-state index contributed by atoms with van der Waals surface area (Å²) in [6.45, 7) is 9.16. The summed E-state index contributed by atoms with van der Waals surface area (Å²) in [5.41, 5.74) is 0. The van der Waals surface area contributed by atoms with Crippen molar-refractivity contribution in [2.45, 2.75) is 6.92 Å². The van der Waals surface area contributed by atoms with E-state index in [1.54, 1.807) is 0 Å². The number of aromatic nitrogens is 1. The van der Waals surface area contributed by atoms with Crippen molar-refractivity contribution in [3.63, 3.8) is 0 Å². The number of nitrogens with zero attached hydrogens (tertiary/aromatic N) is 3. The van der Waals surface area contributed by atoms with Crippen LogP contribution in [-0.4, -0.2) is 62.8 Å². The SMILES string of the molecule is CCOc1cccnc1N(C)CCN1CCNCC1. The molecule has 1 aromatic heterocycles. The van der Waals surface area contributed by atoms with Crippen LogP contribution in [0.5, 0.6) is 5.75 Å². The van der Waals surface area contributed by atoms with Gasteiger partial charge in [0.2, 0.25) is 0 Å². The lowest BCUT2D eigenvalue weighted by molar-refractivity contribution is 0.246. The molecule has 0 radical (unpaired) electrons. The van der Waals surface area contributed by atoms with Gasteiger partial charge in [0.15, 0.2) is 11.6 Å². The first kappa shape index (κ1) is 14.1. The lowest BCUT2D eigenvalue weighted by Crippen LogP contribution is -2.46. The van der Waals surface area contributed by atoms with E-state index in [1.807, 2.05) is 25.3 Å². The molecule has 19 heavy (non-hydrogen) atoms. The number of piperazine rings is 1. The van der Waals surface area contributed by atoms with Crippen molar-refractivity contribution in [1.82, 2.24) is 15.2 Å². The molecule has 1 aliphatic heterocycles. The molecule has 0 spiro atoms. The van der Waals surface area contributed by atoms with Gasteiger partial charge in [-0.1, -0.05) is 0 Å². The number of pyridine rings is 1. The monoisotopic (exact) mass is 264 g/mol. The molecule has 0 bridgehead atoms. The topological polar surface area (TPSA) is 40.6 Å². The second-order valence-electron chi connectivity index (χ2n) is 4.77. The first-order chi connectivity index (χ1) is 9.31. The predicted octanol–water partition coefficient (Wildman–Crippen LogP) is 0.822. The lowest BCUT2D eigenvalue weighted by atomic mass is 10.3. The molecule has 2 rings (SSSR count). The van der Waals surface area contributed by atoms with E-state index in [0.29, 0.717) is 6.61 Å². The van der Waals surface area contributed by atoms with E-state index in [0.717, 1.165) is 50.8 Å². The fraction of sp³-hybridized carbons (Fsp3) is 0.643. The minimum absolute atomic E-state index is 0.671. The third-order valence-corrected chi connectivity index (χ3v) is 3.37. The Morgan fingerprint density at radius 1 is 1.42 bits per heavy atom. The van der Waals surface area contributed by atoms with Gasteiger partial charge in [0, 0.05) is 52.5 Å². The highest BCUT2D eigenvalue weighted by Gasteiger charge is 2.13. The number of likely N-dealkylation sites (N-methyl/N-ethyl adjacent to an activating group) is 1. The summed E-state index contributed by atoms with van der Waals surface area (Å²) in [5.74, 6) is 1.80. The van der Waals surface area contributed by atoms with Gasteiger partial charge in [-0.3, -0.25) is 4.90 Å². The fourth-order valence-electron chi connectivity index (χ4n) is 2.27. The molecule has 1 saturated heterocycles. The Morgan fingerprint density at radius 3 is 2.95 bits per heavy atom. The summed E-state index contributed by atoms with van der Waals surface area (Å²) >= 11 is 0. The van der Waals surface area contributed by atoms with Crippen LogP contribution in [0.15, 0.2) is 18.3 Å². The molecule has 1 aromatic rings. The summed E-state index contributed by atoms with van der Waals surface area (Å²) in [6.07, 6.45) is 1.82. The maximum atomic E-state index is 5.62. The number of hydrogen-bond donors (Lipinski definition) is 1. The summed E-state index contributed by atoms with van der Waals surface area (Å²) in [5, 5.41) is 3.37. The van der Waals surface area contributed by atoms with E-state index in [2.05, 4.69) is 27.1 Å².